The number of carbonyl (C=O) groups is 2. The second kappa shape index (κ2) is 10.9. The third-order valence-electron chi connectivity index (χ3n) is 5.61. The zero-order valence-electron chi connectivity index (χ0n) is 19.1. The smallest absolute Gasteiger partial charge is 0.245 e. The number of ether oxygens (including phenoxy) is 2. The normalized spacial score (nSPS) is 13.1. The van der Waals surface area contributed by atoms with Crippen molar-refractivity contribution in [3.63, 3.8) is 0 Å². The number of hydrogen-bond donors (Lipinski definition) is 0. The van der Waals surface area contributed by atoms with Crippen LogP contribution in [-0.2, 0) is 22.7 Å². The molecule has 2 heterocycles. The SMILES string of the molecule is CC(C)N(CC(=O)N(Cc1ccc2c(c1)OCO2)Cc1cccs1)C(=O)C(Cl)c1ccccc1. The van der Waals surface area contributed by atoms with Crippen LogP contribution in [0.4, 0.5) is 0 Å². The zero-order chi connectivity index (χ0) is 24.1. The Morgan fingerprint density at radius 2 is 1.76 bits per heavy atom. The van der Waals surface area contributed by atoms with Crippen molar-refractivity contribution in [2.75, 3.05) is 13.3 Å². The summed E-state index contributed by atoms with van der Waals surface area (Å²) in [6.07, 6.45) is 0. The number of carbonyl (C=O) groups excluding carboxylic acids is 2. The molecule has 0 aliphatic carbocycles. The summed E-state index contributed by atoms with van der Waals surface area (Å²) in [7, 11) is 0. The van der Waals surface area contributed by atoms with Gasteiger partial charge in [-0.15, -0.1) is 22.9 Å². The Morgan fingerprint density at radius 3 is 2.47 bits per heavy atom. The molecule has 1 unspecified atom stereocenters. The number of fused-ring (bicyclic) bond motifs is 1. The number of amides is 2. The Labute approximate surface area is 208 Å². The first kappa shape index (κ1) is 24.1. The van der Waals surface area contributed by atoms with Crippen molar-refractivity contribution >= 4 is 34.8 Å². The maximum absolute atomic E-state index is 13.5. The van der Waals surface area contributed by atoms with Crippen LogP contribution in [0.1, 0.15) is 35.2 Å². The van der Waals surface area contributed by atoms with E-state index >= 15 is 0 Å². The van der Waals surface area contributed by atoms with Gasteiger partial charge in [0.2, 0.25) is 18.6 Å². The molecule has 1 aliphatic heterocycles. The number of alkyl halides is 1. The fourth-order valence-corrected chi connectivity index (χ4v) is 4.74. The number of nitrogens with zero attached hydrogens (tertiary/aromatic N) is 2. The first-order valence-corrected chi connectivity index (χ1v) is 12.4. The van der Waals surface area contributed by atoms with Crippen LogP contribution in [0.25, 0.3) is 0 Å². The topological polar surface area (TPSA) is 59.1 Å². The molecule has 4 rings (SSSR count). The maximum Gasteiger partial charge on any atom is 0.245 e. The lowest BCUT2D eigenvalue weighted by molar-refractivity contribution is -0.142. The van der Waals surface area contributed by atoms with Gasteiger partial charge in [-0.1, -0.05) is 42.5 Å². The average Bonchev–Trinajstić information content (AvgIpc) is 3.53. The van der Waals surface area contributed by atoms with Crippen molar-refractivity contribution < 1.29 is 19.1 Å². The predicted molar refractivity (Wildman–Crippen MR) is 133 cm³/mol. The highest BCUT2D eigenvalue weighted by molar-refractivity contribution is 7.09. The van der Waals surface area contributed by atoms with Gasteiger partial charge in [-0.25, -0.2) is 0 Å². The third-order valence-corrected chi connectivity index (χ3v) is 6.91. The van der Waals surface area contributed by atoms with Gasteiger partial charge in [0.25, 0.3) is 0 Å². The second-order valence-electron chi connectivity index (χ2n) is 8.35. The Kier molecular flexibility index (Phi) is 7.75. The molecule has 34 heavy (non-hydrogen) atoms. The van der Waals surface area contributed by atoms with Crippen LogP contribution in [0.15, 0.2) is 66.0 Å². The molecule has 0 bridgehead atoms. The van der Waals surface area contributed by atoms with Gasteiger partial charge < -0.3 is 19.3 Å². The van der Waals surface area contributed by atoms with Crippen molar-refractivity contribution in [1.82, 2.24) is 9.80 Å². The quantitative estimate of drug-likeness (QED) is 0.379. The summed E-state index contributed by atoms with van der Waals surface area (Å²) in [6.45, 7) is 4.76. The first-order valence-electron chi connectivity index (χ1n) is 11.1. The molecule has 1 atom stereocenters. The fourth-order valence-electron chi connectivity index (χ4n) is 3.75. The standard InChI is InChI=1S/C26H27ClN2O4S/c1-18(2)29(26(31)25(27)20-7-4-3-5-8-20)16-24(30)28(15-21-9-6-12-34-21)14-19-10-11-22-23(13-19)33-17-32-22/h3-13,18,25H,14-17H2,1-2H3. The highest BCUT2D eigenvalue weighted by atomic mass is 35.5. The van der Waals surface area contributed by atoms with Crippen LogP contribution in [0.2, 0.25) is 0 Å². The van der Waals surface area contributed by atoms with Crippen LogP contribution in [-0.4, -0.2) is 41.0 Å². The molecule has 2 amide bonds. The van der Waals surface area contributed by atoms with E-state index in [1.807, 2.05) is 79.9 Å². The Bertz CT molecular complexity index is 1120. The lowest BCUT2D eigenvalue weighted by Crippen LogP contribution is -2.46. The summed E-state index contributed by atoms with van der Waals surface area (Å²) in [5.74, 6) is 0.943. The summed E-state index contributed by atoms with van der Waals surface area (Å²) in [6, 6.07) is 18.7. The lowest BCUT2D eigenvalue weighted by atomic mass is 10.1. The van der Waals surface area contributed by atoms with Crippen LogP contribution in [0.3, 0.4) is 0 Å². The first-order chi connectivity index (χ1) is 16.4. The number of hydrogen-bond acceptors (Lipinski definition) is 5. The van der Waals surface area contributed by atoms with E-state index < -0.39 is 5.38 Å². The summed E-state index contributed by atoms with van der Waals surface area (Å²) in [5, 5.41) is 1.14. The molecule has 1 aliphatic rings. The molecule has 0 radical (unpaired) electrons. The van der Waals surface area contributed by atoms with Gasteiger partial charge in [0.05, 0.1) is 6.54 Å². The minimum atomic E-state index is -0.851. The third kappa shape index (κ3) is 5.72. The maximum atomic E-state index is 13.5. The number of rotatable bonds is 9. The van der Waals surface area contributed by atoms with E-state index in [2.05, 4.69) is 0 Å². The van der Waals surface area contributed by atoms with Crippen LogP contribution >= 0.6 is 22.9 Å². The molecule has 0 N–H and O–H groups in total. The van der Waals surface area contributed by atoms with Gasteiger partial charge in [-0.2, -0.15) is 0 Å². The molecular weight excluding hydrogens is 472 g/mol. The Morgan fingerprint density at radius 1 is 1.00 bits per heavy atom. The summed E-state index contributed by atoms with van der Waals surface area (Å²) in [4.78, 5) is 31.1. The van der Waals surface area contributed by atoms with Crippen molar-refractivity contribution in [2.24, 2.45) is 0 Å². The predicted octanol–water partition coefficient (Wildman–Crippen LogP) is 5.22. The Balaban J connectivity index is 1.52. The molecule has 0 saturated carbocycles. The average molecular weight is 499 g/mol. The molecule has 1 aromatic heterocycles. The molecule has 3 aromatic rings. The minimum Gasteiger partial charge on any atom is -0.454 e. The van der Waals surface area contributed by atoms with Gasteiger partial charge in [0, 0.05) is 17.5 Å². The highest BCUT2D eigenvalue weighted by Gasteiger charge is 2.29. The van der Waals surface area contributed by atoms with E-state index in [-0.39, 0.29) is 31.2 Å². The van der Waals surface area contributed by atoms with E-state index in [1.54, 1.807) is 21.1 Å². The van der Waals surface area contributed by atoms with Crippen LogP contribution < -0.4 is 9.47 Å². The van der Waals surface area contributed by atoms with Crippen molar-refractivity contribution in [1.29, 1.82) is 0 Å². The van der Waals surface area contributed by atoms with E-state index in [0.29, 0.717) is 30.2 Å². The summed E-state index contributed by atoms with van der Waals surface area (Å²) in [5.41, 5.74) is 1.64. The van der Waals surface area contributed by atoms with Gasteiger partial charge in [-0.3, -0.25) is 9.59 Å². The van der Waals surface area contributed by atoms with E-state index in [0.717, 1.165) is 10.4 Å². The molecular formula is C26H27ClN2O4S. The zero-order valence-corrected chi connectivity index (χ0v) is 20.7. The molecule has 0 fully saturated rings. The van der Waals surface area contributed by atoms with Gasteiger partial charge in [0.15, 0.2) is 11.5 Å². The van der Waals surface area contributed by atoms with Crippen LogP contribution in [0.5, 0.6) is 11.5 Å². The second-order valence-corrected chi connectivity index (χ2v) is 9.82. The molecule has 6 nitrogen and oxygen atoms in total. The molecule has 0 spiro atoms. The number of benzene rings is 2. The lowest BCUT2D eigenvalue weighted by Gasteiger charge is -2.31. The van der Waals surface area contributed by atoms with E-state index in [9.17, 15) is 9.59 Å². The number of halogens is 1. The molecule has 0 saturated heterocycles. The molecule has 2 aromatic carbocycles. The van der Waals surface area contributed by atoms with Crippen molar-refractivity contribution in [3.8, 4) is 11.5 Å². The van der Waals surface area contributed by atoms with Gasteiger partial charge in [-0.05, 0) is 48.6 Å². The molecule has 178 valence electrons. The summed E-state index contributed by atoms with van der Waals surface area (Å²) >= 11 is 8.11. The Hall–Kier alpha value is -3.03. The largest absolute Gasteiger partial charge is 0.454 e. The fraction of sp³-hybridized carbons (Fsp3) is 0.308. The minimum absolute atomic E-state index is 0.0531. The molecule has 8 heteroatoms. The van der Waals surface area contributed by atoms with E-state index in [4.69, 9.17) is 21.1 Å². The van der Waals surface area contributed by atoms with Gasteiger partial charge in [0.1, 0.15) is 11.9 Å². The number of thiophene rings is 1. The monoisotopic (exact) mass is 498 g/mol. The van der Waals surface area contributed by atoms with Crippen LogP contribution in [0, 0.1) is 0 Å². The summed E-state index contributed by atoms with van der Waals surface area (Å²) < 4.78 is 10.9. The van der Waals surface area contributed by atoms with Crippen molar-refractivity contribution in [3.05, 3.63) is 82.0 Å². The van der Waals surface area contributed by atoms with Crippen molar-refractivity contribution in [2.45, 2.75) is 38.4 Å². The highest BCUT2D eigenvalue weighted by Crippen LogP contribution is 2.33. The van der Waals surface area contributed by atoms with Gasteiger partial charge >= 0.3 is 0 Å². The van der Waals surface area contributed by atoms with E-state index in [1.165, 1.54) is 0 Å².